The van der Waals surface area contributed by atoms with Crippen LogP contribution in [-0.4, -0.2) is 37.1 Å². The van der Waals surface area contributed by atoms with E-state index in [1.54, 1.807) is 30.6 Å². The van der Waals surface area contributed by atoms with Gasteiger partial charge in [0, 0.05) is 41.9 Å². The standard InChI is InChI=1S/C25H30N4O2S/c1-17(23-16-32-18(2)27-23)26-19-11-13-29(14-12-19)21-8-6-7-20(15-21)28-25(30)22-9-4-5-10-24(22)31-3/h4-10,15-17,19,26H,11-14H2,1-3H3,(H,28,30)/t17-/m1/s1. The molecule has 1 aliphatic heterocycles. The van der Waals surface area contributed by atoms with Crippen molar-refractivity contribution in [2.75, 3.05) is 30.4 Å². The van der Waals surface area contributed by atoms with Crippen LogP contribution < -0.4 is 20.3 Å². The van der Waals surface area contributed by atoms with Crippen LogP contribution in [0.1, 0.15) is 46.9 Å². The van der Waals surface area contributed by atoms with Crippen molar-refractivity contribution in [2.45, 2.75) is 38.8 Å². The number of carbonyl (C=O) groups excluding carboxylic acids is 1. The molecule has 32 heavy (non-hydrogen) atoms. The van der Waals surface area contributed by atoms with Crippen molar-refractivity contribution in [3.63, 3.8) is 0 Å². The van der Waals surface area contributed by atoms with Gasteiger partial charge in [-0.1, -0.05) is 18.2 Å². The summed E-state index contributed by atoms with van der Waals surface area (Å²) in [7, 11) is 1.57. The predicted molar refractivity (Wildman–Crippen MR) is 131 cm³/mol. The molecule has 0 saturated carbocycles. The highest BCUT2D eigenvalue weighted by atomic mass is 32.1. The number of nitrogens with one attached hydrogen (secondary N) is 2. The SMILES string of the molecule is COc1ccccc1C(=O)Nc1cccc(N2CCC(N[C@H](C)c3csc(C)n3)CC2)c1. The number of piperidine rings is 1. The molecule has 1 atom stereocenters. The quantitative estimate of drug-likeness (QED) is 0.528. The number of carbonyl (C=O) groups is 1. The van der Waals surface area contributed by atoms with E-state index in [1.807, 2.05) is 37.3 Å². The van der Waals surface area contributed by atoms with Crippen LogP contribution >= 0.6 is 11.3 Å². The highest BCUT2D eigenvalue weighted by Crippen LogP contribution is 2.26. The molecule has 0 spiro atoms. The molecule has 0 aliphatic carbocycles. The molecular weight excluding hydrogens is 420 g/mol. The Hall–Kier alpha value is -2.90. The van der Waals surface area contributed by atoms with E-state index in [2.05, 4.69) is 38.9 Å². The van der Waals surface area contributed by atoms with E-state index in [0.717, 1.165) is 48.0 Å². The Kier molecular flexibility index (Phi) is 7.07. The lowest BCUT2D eigenvalue weighted by Crippen LogP contribution is -2.43. The van der Waals surface area contributed by atoms with Crippen molar-refractivity contribution < 1.29 is 9.53 Å². The van der Waals surface area contributed by atoms with Crippen LogP contribution in [0.25, 0.3) is 0 Å². The van der Waals surface area contributed by atoms with Gasteiger partial charge in [-0.25, -0.2) is 4.98 Å². The second-order valence-electron chi connectivity index (χ2n) is 8.15. The van der Waals surface area contributed by atoms with Crippen LogP contribution in [-0.2, 0) is 0 Å². The number of methoxy groups -OCH3 is 1. The Morgan fingerprint density at radius 2 is 1.97 bits per heavy atom. The summed E-state index contributed by atoms with van der Waals surface area (Å²) >= 11 is 1.70. The number of aromatic nitrogens is 1. The van der Waals surface area contributed by atoms with E-state index in [0.29, 0.717) is 17.4 Å². The molecule has 3 aromatic rings. The average Bonchev–Trinajstić information content (AvgIpc) is 3.26. The number of para-hydroxylation sites is 1. The third-order valence-corrected chi connectivity index (χ3v) is 6.67. The molecule has 7 heteroatoms. The molecule has 1 amide bonds. The van der Waals surface area contributed by atoms with Crippen molar-refractivity contribution in [3.05, 3.63) is 70.2 Å². The molecule has 1 aromatic heterocycles. The Balaban J connectivity index is 1.34. The van der Waals surface area contributed by atoms with Crippen LogP contribution in [0, 0.1) is 6.92 Å². The molecule has 2 N–H and O–H groups in total. The number of anilines is 2. The maximum Gasteiger partial charge on any atom is 0.259 e. The molecular formula is C25H30N4O2S. The number of amides is 1. The van der Waals surface area contributed by atoms with Gasteiger partial charge in [-0.3, -0.25) is 4.79 Å². The molecule has 4 rings (SSSR count). The highest BCUT2D eigenvalue weighted by molar-refractivity contribution is 7.09. The normalized spacial score (nSPS) is 15.4. The minimum absolute atomic E-state index is 0.172. The summed E-state index contributed by atoms with van der Waals surface area (Å²) in [6.45, 7) is 6.19. The summed E-state index contributed by atoms with van der Waals surface area (Å²) in [6.07, 6.45) is 2.15. The van der Waals surface area contributed by atoms with Crippen LogP contribution in [0.15, 0.2) is 53.9 Å². The summed E-state index contributed by atoms with van der Waals surface area (Å²) < 4.78 is 5.31. The second-order valence-corrected chi connectivity index (χ2v) is 9.21. The number of benzene rings is 2. The van der Waals surface area contributed by atoms with Gasteiger partial charge in [-0.15, -0.1) is 11.3 Å². The number of nitrogens with zero attached hydrogens (tertiary/aromatic N) is 2. The maximum absolute atomic E-state index is 12.7. The molecule has 0 bridgehead atoms. The number of hydrogen-bond acceptors (Lipinski definition) is 6. The number of rotatable bonds is 7. The van der Waals surface area contributed by atoms with E-state index in [4.69, 9.17) is 4.74 Å². The van der Waals surface area contributed by atoms with Crippen molar-refractivity contribution >= 4 is 28.6 Å². The number of thiazole rings is 1. The zero-order chi connectivity index (χ0) is 22.5. The van der Waals surface area contributed by atoms with E-state index in [1.165, 1.54) is 0 Å². The molecule has 1 fully saturated rings. The van der Waals surface area contributed by atoms with Gasteiger partial charge < -0.3 is 20.3 Å². The zero-order valence-corrected chi connectivity index (χ0v) is 19.6. The monoisotopic (exact) mass is 450 g/mol. The van der Waals surface area contributed by atoms with Crippen LogP contribution in [0.4, 0.5) is 11.4 Å². The predicted octanol–water partition coefficient (Wildman–Crippen LogP) is 5.03. The van der Waals surface area contributed by atoms with Gasteiger partial charge in [0.1, 0.15) is 5.75 Å². The number of aryl methyl sites for hydroxylation is 1. The van der Waals surface area contributed by atoms with Gasteiger partial charge in [-0.2, -0.15) is 0 Å². The first-order valence-corrected chi connectivity index (χ1v) is 11.9. The van der Waals surface area contributed by atoms with E-state index < -0.39 is 0 Å². The molecule has 0 unspecified atom stereocenters. The molecule has 1 aliphatic rings. The minimum Gasteiger partial charge on any atom is -0.496 e. The van der Waals surface area contributed by atoms with Crippen molar-refractivity contribution in [1.29, 1.82) is 0 Å². The molecule has 6 nitrogen and oxygen atoms in total. The van der Waals surface area contributed by atoms with Gasteiger partial charge in [0.15, 0.2) is 0 Å². The summed E-state index contributed by atoms with van der Waals surface area (Å²) in [4.78, 5) is 19.7. The van der Waals surface area contributed by atoms with E-state index >= 15 is 0 Å². The Labute approximate surface area is 193 Å². The first-order chi connectivity index (χ1) is 15.5. The summed E-state index contributed by atoms with van der Waals surface area (Å²) in [5, 5.41) is 10.00. The van der Waals surface area contributed by atoms with Gasteiger partial charge >= 0.3 is 0 Å². The molecule has 2 aromatic carbocycles. The molecule has 2 heterocycles. The fourth-order valence-corrected chi connectivity index (χ4v) is 4.84. The smallest absolute Gasteiger partial charge is 0.259 e. The average molecular weight is 451 g/mol. The number of ether oxygens (including phenoxy) is 1. The first-order valence-electron chi connectivity index (χ1n) is 11.0. The van der Waals surface area contributed by atoms with Crippen LogP contribution in [0.3, 0.4) is 0 Å². The van der Waals surface area contributed by atoms with Crippen molar-refractivity contribution in [3.8, 4) is 5.75 Å². The van der Waals surface area contributed by atoms with Crippen molar-refractivity contribution in [1.82, 2.24) is 10.3 Å². The Bertz CT molecular complexity index is 1060. The van der Waals surface area contributed by atoms with E-state index in [9.17, 15) is 4.79 Å². The minimum atomic E-state index is -0.172. The Morgan fingerprint density at radius 3 is 2.69 bits per heavy atom. The Morgan fingerprint density at radius 1 is 1.19 bits per heavy atom. The lowest BCUT2D eigenvalue weighted by molar-refractivity contribution is 0.102. The second kappa shape index (κ2) is 10.1. The van der Waals surface area contributed by atoms with Crippen molar-refractivity contribution in [2.24, 2.45) is 0 Å². The highest BCUT2D eigenvalue weighted by Gasteiger charge is 2.22. The summed E-state index contributed by atoms with van der Waals surface area (Å²) in [5.41, 5.74) is 3.57. The zero-order valence-electron chi connectivity index (χ0n) is 18.8. The lowest BCUT2D eigenvalue weighted by atomic mass is 10.0. The van der Waals surface area contributed by atoms with Gasteiger partial charge in [0.05, 0.1) is 23.4 Å². The van der Waals surface area contributed by atoms with Gasteiger partial charge in [-0.05, 0) is 57.0 Å². The van der Waals surface area contributed by atoms with Crippen LogP contribution in [0.5, 0.6) is 5.75 Å². The fraction of sp³-hybridized carbons (Fsp3) is 0.360. The topological polar surface area (TPSA) is 66.5 Å². The first kappa shape index (κ1) is 22.3. The fourth-order valence-electron chi connectivity index (χ4n) is 4.13. The maximum atomic E-state index is 12.7. The van der Waals surface area contributed by atoms with Crippen LogP contribution in [0.2, 0.25) is 0 Å². The van der Waals surface area contributed by atoms with Gasteiger partial charge in [0.2, 0.25) is 0 Å². The molecule has 0 radical (unpaired) electrons. The largest absolute Gasteiger partial charge is 0.496 e. The number of hydrogen-bond donors (Lipinski definition) is 2. The van der Waals surface area contributed by atoms with E-state index in [-0.39, 0.29) is 11.9 Å². The summed E-state index contributed by atoms with van der Waals surface area (Å²) in [5.74, 6) is 0.395. The molecule has 1 saturated heterocycles. The third kappa shape index (κ3) is 5.29. The summed E-state index contributed by atoms with van der Waals surface area (Å²) in [6, 6.07) is 16.1. The lowest BCUT2D eigenvalue weighted by Gasteiger charge is -2.35. The molecule has 168 valence electrons. The van der Waals surface area contributed by atoms with Gasteiger partial charge in [0.25, 0.3) is 5.91 Å². The third-order valence-electron chi connectivity index (χ3n) is 5.88.